The third-order valence-electron chi connectivity index (χ3n) is 2.80. The summed E-state index contributed by atoms with van der Waals surface area (Å²) in [4.78, 5) is 0. The van der Waals surface area contributed by atoms with Crippen molar-refractivity contribution in [3.8, 4) is 0 Å². The van der Waals surface area contributed by atoms with Gasteiger partial charge in [-0.3, -0.25) is 0 Å². The fourth-order valence-electron chi connectivity index (χ4n) is 2.03. The molecule has 0 radical (unpaired) electrons. The SMILES string of the molecule is ClCC=Cc1ccc2sc3ccccc3c2c1. The Labute approximate surface area is 109 Å². The monoisotopic (exact) mass is 258 g/mol. The molecule has 1 heterocycles. The van der Waals surface area contributed by atoms with Crippen molar-refractivity contribution in [1.82, 2.24) is 0 Å². The number of hydrogen-bond donors (Lipinski definition) is 0. The summed E-state index contributed by atoms with van der Waals surface area (Å²) in [6.07, 6.45) is 4.04. The van der Waals surface area contributed by atoms with Crippen LogP contribution >= 0.6 is 22.9 Å². The predicted octanol–water partition coefficient (Wildman–Crippen LogP) is 5.31. The van der Waals surface area contributed by atoms with Gasteiger partial charge in [0.2, 0.25) is 0 Å². The summed E-state index contributed by atoms with van der Waals surface area (Å²) < 4.78 is 2.69. The average Bonchev–Trinajstić information content (AvgIpc) is 2.74. The Balaban J connectivity index is 2.26. The third kappa shape index (κ3) is 1.97. The molecule has 0 amide bonds. The molecule has 0 fully saturated rings. The van der Waals surface area contributed by atoms with Gasteiger partial charge in [-0.05, 0) is 23.8 Å². The van der Waals surface area contributed by atoms with E-state index in [4.69, 9.17) is 11.6 Å². The lowest BCUT2D eigenvalue weighted by atomic mass is 10.1. The molecule has 0 saturated carbocycles. The quantitative estimate of drug-likeness (QED) is 0.547. The first-order valence-electron chi connectivity index (χ1n) is 5.52. The minimum atomic E-state index is 0.558. The van der Waals surface area contributed by atoms with Gasteiger partial charge in [-0.25, -0.2) is 0 Å². The van der Waals surface area contributed by atoms with Gasteiger partial charge in [-0.15, -0.1) is 22.9 Å². The highest BCUT2D eigenvalue weighted by atomic mass is 35.5. The standard InChI is InChI=1S/C15H11ClS/c16-9-3-4-11-7-8-15-13(10-11)12-5-1-2-6-14(12)17-15/h1-8,10H,9H2. The molecule has 0 aliphatic rings. The van der Waals surface area contributed by atoms with Crippen LogP contribution in [0.3, 0.4) is 0 Å². The van der Waals surface area contributed by atoms with Crippen LogP contribution in [0, 0.1) is 0 Å². The molecule has 2 heteroatoms. The molecule has 0 unspecified atom stereocenters. The maximum atomic E-state index is 5.66. The molecule has 0 spiro atoms. The summed E-state index contributed by atoms with van der Waals surface area (Å²) in [5, 5.41) is 2.68. The molecule has 0 aliphatic heterocycles. The second-order valence-corrected chi connectivity index (χ2v) is 5.30. The van der Waals surface area contributed by atoms with E-state index in [9.17, 15) is 0 Å². The number of alkyl halides is 1. The fraction of sp³-hybridized carbons (Fsp3) is 0.0667. The van der Waals surface area contributed by atoms with Gasteiger partial charge in [-0.2, -0.15) is 0 Å². The van der Waals surface area contributed by atoms with Crippen molar-refractivity contribution in [2.45, 2.75) is 0 Å². The molecular weight excluding hydrogens is 248 g/mol. The number of fused-ring (bicyclic) bond motifs is 3. The number of allylic oxidation sites excluding steroid dienone is 1. The summed E-state index contributed by atoms with van der Waals surface area (Å²) in [7, 11) is 0. The van der Waals surface area contributed by atoms with Gasteiger partial charge < -0.3 is 0 Å². The lowest BCUT2D eigenvalue weighted by molar-refractivity contribution is 1.72. The number of benzene rings is 2. The van der Waals surface area contributed by atoms with E-state index >= 15 is 0 Å². The Morgan fingerprint density at radius 1 is 1.00 bits per heavy atom. The van der Waals surface area contributed by atoms with Crippen LogP contribution < -0.4 is 0 Å². The van der Waals surface area contributed by atoms with Crippen molar-refractivity contribution in [3.05, 3.63) is 54.1 Å². The first-order valence-corrected chi connectivity index (χ1v) is 6.87. The smallest absolute Gasteiger partial charge is 0.0407 e. The predicted molar refractivity (Wildman–Crippen MR) is 79.1 cm³/mol. The highest BCUT2D eigenvalue weighted by molar-refractivity contribution is 7.25. The van der Waals surface area contributed by atoms with E-state index in [-0.39, 0.29) is 0 Å². The maximum absolute atomic E-state index is 5.66. The molecule has 84 valence electrons. The molecule has 2 aromatic carbocycles. The van der Waals surface area contributed by atoms with Crippen molar-refractivity contribution in [1.29, 1.82) is 0 Å². The Morgan fingerprint density at radius 3 is 2.71 bits per heavy atom. The average molecular weight is 259 g/mol. The number of hydrogen-bond acceptors (Lipinski definition) is 1. The maximum Gasteiger partial charge on any atom is 0.0407 e. The summed E-state index contributed by atoms with van der Waals surface area (Å²) >= 11 is 7.50. The zero-order valence-corrected chi connectivity index (χ0v) is 10.8. The van der Waals surface area contributed by atoms with Crippen molar-refractivity contribution in [2.24, 2.45) is 0 Å². The Hall–Kier alpha value is -1.31. The Bertz CT molecular complexity index is 694. The molecule has 0 atom stereocenters. The molecular formula is C15H11ClS. The second kappa shape index (κ2) is 4.52. The second-order valence-electron chi connectivity index (χ2n) is 3.91. The number of thiophene rings is 1. The van der Waals surface area contributed by atoms with Crippen LogP contribution in [0.15, 0.2) is 48.5 Å². The molecule has 0 saturated heterocycles. The minimum Gasteiger partial charge on any atom is -0.135 e. The van der Waals surface area contributed by atoms with Crippen molar-refractivity contribution >= 4 is 49.2 Å². The van der Waals surface area contributed by atoms with E-state index in [1.165, 1.54) is 25.7 Å². The summed E-state index contributed by atoms with van der Waals surface area (Å²) in [6, 6.07) is 15.1. The van der Waals surface area contributed by atoms with Crippen LogP contribution in [0.4, 0.5) is 0 Å². The Kier molecular flexibility index (Phi) is 2.87. The fourth-order valence-corrected chi connectivity index (χ4v) is 3.20. The highest BCUT2D eigenvalue weighted by Gasteiger charge is 2.03. The van der Waals surface area contributed by atoms with E-state index in [0.717, 1.165) is 0 Å². The zero-order valence-electron chi connectivity index (χ0n) is 9.19. The molecule has 1 aromatic heterocycles. The van der Waals surface area contributed by atoms with Crippen LogP contribution in [0.25, 0.3) is 26.2 Å². The summed E-state index contributed by atoms with van der Waals surface area (Å²) in [5.41, 5.74) is 1.21. The summed E-state index contributed by atoms with van der Waals surface area (Å²) in [5.74, 6) is 0.558. The van der Waals surface area contributed by atoms with Crippen LogP contribution in [0.1, 0.15) is 5.56 Å². The van der Waals surface area contributed by atoms with E-state index in [1.54, 1.807) is 0 Å². The first-order chi connectivity index (χ1) is 8.38. The molecule has 0 aliphatic carbocycles. The number of rotatable bonds is 2. The highest BCUT2D eigenvalue weighted by Crippen LogP contribution is 2.34. The van der Waals surface area contributed by atoms with E-state index in [1.807, 2.05) is 17.4 Å². The van der Waals surface area contributed by atoms with Gasteiger partial charge in [0.1, 0.15) is 0 Å². The van der Waals surface area contributed by atoms with Gasteiger partial charge >= 0.3 is 0 Å². The van der Waals surface area contributed by atoms with E-state index in [0.29, 0.717) is 5.88 Å². The van der Waals surface area contributed by atoms with Crippen LogP contribution in [0.2, 0.25) is 0 Å². The minimum absolute atomic E-state index is 0.558. The molecule has 0 bridgehead atoms. The molecule has 3 rings (SSSR count). The largest absolute Gasteiger partial charge is 0.135 e. The van der Waals surface area contributed by atoms with E-state index in [2.05, 4.69) is 48.5 Å². The summed E-state index contributed by atoms with van der Waals surface area (Å²) in [6.45, 7) is 0. The first kappa shape index (κ1) is 10.8. The molecule has 17 heavy (non-hydrogen) atoms. The van der Waals surface area contributed by atoms with Crippen LogP contribution in [-0.4, -0.2) is 5.88 Å². The van der Waals surface area contributed by atoms with Crippen LogP contribution in [-0.2, 0) is 0 Å². The third-order valence-corrected chi connectivity index (χ3v) is 4.13. The van der Waals surface area contributed by atoms with Crippen LogP contribution in [0.5, 0.6) is 0 Å². The van der Waals surface area contributed by atoms with Gasteiger partial charge in [0.05, 0.1) is 0 Å². The van der Waals surface area contributed by atoms with Gasteiger partial charge in [-0.1, -0.05) is 36.4 Å². The van der Waals surface area contributed by atoms with Crippen molar-refractivity contribution < 1.29 is 0 Å². The van der Waals surface area contributed by atoms with Gasteiger partial charge in [0, 0.05) is 26.1 Å². The lowest BCUT2D eigenvalue weighted by Crippen LogP contribution is -1.72. The van der Waals surface area contributed by atoms with Crippen molar-refractivity contribution in [2.75, 3.05) is 5.88 Å². The molecule has 3 aromatic rings. The topological polar surface area (TPSA) is 0 Å². The van der Waals surface area contributed by atoms with Crippen molar-refractivity contribution in [3.63, 3.8) is 0 Å². The zero-order chi connectivity index (χ0) is 11.7. The molecule has 0 nitrogen and oxygen atoms in total. The molecule has 0 N–H and O–H groups in total. The normalized spacial score (nSPS) is 11.8. The van der Waals surface area contributed by atoms with Gasteiger partial charge in [0.15, 0.2) is 0 Å². The number of halogens is 1. The Morgan fingerprint density at radius 2 is 1.82 bits per heavy atom. The van der Waals surface area contributed by atoms with Gasteiger partial charge in [0.25, 0.3) is 0 Å². The van der Waals surface area contributed by atoms with E-state index < -0.39 is 0 Å². The lowest BCUT2D eigenvalue weighted by Gasteiger charge is -1.95.